The van der Waals surface area contributed by atoms with Gasteiger partial charge in [0.2, 0.25) is 0 Å². The van der Waals surface area contributed by atoms with Crippen LogP contribution in [0.1, 0.15) is 102 Å². The van der Waals surface area contributed by atoms with E-state index in [1.54, 1.807) is 0 Å². The topological polar surface area (TPSA) is 6.48 Å². The Bertz CT molecular complexity index is 2580. The zero-order chi connectivity index (χ0) is 43.1. The second-order valence-electron chi connectivity index (χ2n) is 19.0. The molecule has 0 bridgehead atoms. The molecule has 0 heterocycles. The predicted octanol–water partition coefficient (Wildman–Crippen LogP) is 15.9. The summed E-state index contributed by atoms with van der Waals surface area (Å²) in [7, 11) is 0. The maximum Gasteiger partial charge on any atom is 0.0987 e. The van der Waals surface area contributed by atoms with Gasteiger partial charge in [0.05, 0.1) is 11.5 Å². The Hall–Kier alpha value is -6.30. The lowest BCUT2D eigenvalue weighted by Crippen LogP contribution is -2.35. The SMILES string of the molecule is C#C[C@@H](CC1=C(C)c2ccc(N(c3ccccc3)c3ccccc3)cc2[C@]12C(C)=C(CCC(=C)C(C)(C)C)c1ccc(C(C)(C)C)cc12)N(c1ccccc1)c1ccccc1. The summed E-state index contributed by atoms with van der Waals surface area (Å²) in [4.78, 5) is 4.76. The summed E-state index contributed by atoms with van der Waals surface area (Å²) in [6.07, 6.45) is 9.30. The van der Waals surface area contributed by atoms with Crippen molar-refractivity contribution in [3.63, 3.8) is 0 Å². The molecule has 2 nitrogen and oxygen atoms in total. The Morgan fingerprint density at radius 2 is 1.11 bits per heavy atom. The normalized spacial score (nSPS) is 16.3. The van der Waals surface area contributed by atoms with Crippen LogP contribution in [0.25, 0.3) is 11.1 Å². The Kier molecular flexibility index (Phi) is 11.1. The molecule has 8 rings (SSSR count). The summed E-state index contributed by atoms with van der Waals surface area (Å²) in [5, 5.41) is 0. The van der Waals surface area contributed by atoms with Crippen molar-refractivity contribution >= 4 is 39.6 Å². The quantitative estimate of drug-likeness (QED) is 0.0952. The number of benzene rings is 6. The minimum atomic E-state index is -0.544. The number of hydrogen-bond acceptors (Lipinski definition) is 2. The molecule has 0 aliphatic heterocycles. The summed E-state index contributed by atoms with van der Waals surface area (Å²) in [5.74, 6) is 3.35. The fraction of sp³-hybridized carbons (Fsp3) is 0.254. The number of rotatable bonds is 11. The largest absolute Gasteiger partial charge is 0.327 e. The third-order valence-corrected chi connectivity index (χ3v) is 13.3. The Morgan fingerprint density at radius 3 is 1.61 bits per heavy atom. The van der Waals surface area contributed by atoms with Crippen LogP contribution in [0, 0.1) is 17.8 Å². The van der Waals surface area contributed by atoms with Gasteiger partial charge in [-0.1, -0.05) is 162 Å². The van der Waals surface area contributed by atoms with Crippen molar-refractivity contribution < 1.29 is 0 Å². The average Bonchev–Trinajstić information content (AvgIpc) is 3.65. The Balaban J connectivity index is 1.40. The van der Waals surface area contributed by atoms with Gasteiger partial charge < -0.3 is 9.80 Å². The highest BCUT2D eigenvalue weighted by atomic mass is 15.2. The number of hydrogen-bond donors (Lipinski definition) is 0. The van der Waals surface area contributed by atoms with E-state index in [9.17, 15) is 0 Å². The number of nitrogens with zero attached hydrogens (tertiary/aromatic N) is 2. The van der Waals surface area contributed by atoms with Crippen molar-refractivity contribution in [2.75, 3.05) is 9.80 Å². The van der Waals surface area contributed by atoms with E-state index in [4.69, 9.17) is 6.42 Å². The summed E-state index contributed by atoms with van der Waals surface area (Å²) in [6, 6.07) is 57.1. The smallest absolute Gasteiger partial charge is 0.0987 e. The van der Waals surface area contributed by atoms with Crippen molar-refractivity contribution in [2.45, 2.75) is 91.5 Å². The van der Waals surface area contributed by atoms with Crippen molar-refractivity contribution in [1.29, 1.82) is 0 Å². The molecule has 0 aromatic heterocycles. The highest BCUT2D eigenvalue weighted by Crippen LogP contribution is 2.63. The molecule has 0 saturated heterocycles. The van der Waals surface area contributed by atoms with Gasteiger partial charge in [-0.05, 0) is 143 Å². The van der Waals surface area contributed by atoms with Gasteiger partial charge in [-0.3, -0.25) is 0 Å². The van der Waals surface area contributed by atoms with Crippen molar-refractivity contribution in [3.05, 3.63) is 209 Å². The predicted molar refractivity (Wildman–Crippen MR) is 262 cm³/mol. The fourth-order valence-electron chi connectivity index (χ4n) is 9.85. The highest BCUT2D eigenvalue weighted by Gasteiger charge is 2.53. The molecule has 1 spiro atoms. The minimum absolute atomic E-state index is 0.0247. The second kappa shape index (κ2) is 16.3. The van der Waals surface area contributed by atoms with E-state index in [1.807, 2.05) is 0 Å². The van der Waals surface area contributed by atoms with Crippen molar-refractivity contribution in [1.82, 2.24) is 0 Å². The molecule has 0 saturated carbocycles. The molecule has 2 atom stereocenters. The number of fused-ring (bicyclic) bond motifs is 4. The van der Waals surface area contributed by atoms with E-state index in [-0.39, 0.29) is 16.9 Å². The van der Waals surface area contributed by atoms with Crippen LogP contribution in [0.5, 0.6) is 0 Å². The summed E-state index contributed by atoms with van der Waals surface area (Å²) in [5.41, 5.74) is 18.4. The van der Waals surface area contributed by atoms with Crippen LogP contribution in [0.3, 0.4) is 0 Å². The maximum absolute atomic E-state index is 6.77. The first-order valence-corrected chi connectivity index (χ1v) is 21.9. The van der Waals surface area contributed by atoms with Gasteiger partial charge >= 0.3 is 0 Å². The number of terminal acetylenes is 1. The first kappa shape index (κ1) is 41.4. The van der Waals surface area contributed by atoms with Gasteiger partial charge in [-0.15, -0.1) is 6.42 Å². The standard InChI is InChI=1S/C59H60N2/c1-11-45(60(46-24-16-12-17-25-46)47-26-18-13-19-27-47)39-54-42(3)51-37-34-50(61(48-28-20-14-21-29-48)49-30-22-15-23-31-49)40-56(51)59(54)43(4)52(35-32-41(2)57(5,6)7)53-36-33-44(38-55(53)59)58(8,9)10/h1,12-31,33-34,36-38,40,45H,2,32,35,39H2,3-10H3/t45-,59+/m0/s1. The first-order chi connectivity index (χ1) is 29.2. The van der Waals surface area contributed by atoms with Gasteiger partial charge in [-0.25, -0.2) is 0 Å². The lowest BCUT2D eigenvalue weighted by molar-refractivity contribution is 0.486. The van der Waals surface area contributed by atoms with Crippen LogP contribution in [-0.4, -0.2) is 6.04 Å². The third kappa shape index (κ3) is 7.46. The molecule has 306 valence electrons. The lowest BCUT2D eigenvalue weighted by Gasteiger charge is -2.38. The molecular weight excluding hydrogens is 737 g/mol. The van der Waals surface area contributed by atoms with E-state index in [0.717, 1.165) is 41.3 Å². The molecule has 0 amide bonds. The summed E-state index contributed by atoms with van der Waals surface area (Å²) in [6.45, 7) is 23.2. The molecule has 0 fully saturated rings. The van der Waals surface area contributed by atoms with Crippen LogP contribution in [0.15, 0.2) is 181 Å². The van der Waals surface area contributed by atoms with E-state index in [1.165, 1.54) is 55.7 Å². The van der Waals surface area contributed by atoms with Crippen molar-refractivity contribution in [2.24, 2.45) is 5.41 Å². The molecule has 6 aromatic carbocycles. The van der Waals surface area contributed by atoms with Gasteiger partial charge in [0.15, 0.2) is 0 Å². The van der Waals surface area contributed by atoms with Gasteiger partial charge in [-0.2, -0.15) is 0 Å². The lowest BCUT2D eigenvalue weighted by atomic mass is 9.66. The summed E-state index contributed by atoms with van der Waals surface area (Å²) >= 11 is 0. The average molecular weight is 797 g/mol. The van der Waals surface area contributed by atoms with Crippen LogP contribution >= 0.6 is 0 Å². The first-order valence-electron chi connectivity index (χ1n) is 21.9. The highest BCUT2D eigenvalue weighted by molar-refractivity contribution is 5.95. The van der Waals surface area contributed by atoms with E-state index >= 15 is 0 Å². The molecule has 2 aliphatic rings. The fourth-order valence-corrected chi connectivity index (χ4v) is 9.85. The van der Waals surface area contributed by atoms with Gasteiger partial charge in [0.1, 0.15) is 0 Å². The minimum Gasteiger partial charge on any atom is -0.327 e. The zero-order valence-corrected chi connectivity index (χ0v) is 37.4. The van der Waals surface area contributed by atoms with Crippen LogP contribution < -0.4 is 9.80 Å². The van der Waals surface area contributed by atoms with Gasteiger partial charge in [0, 0.05) is 34.9 Å². The number of allylic oxidation sites excluding steroid dienone is 4. The van der Waals surface area contributed by atoms with Crippen molar-refractivity contribution in [3.8, 4) is 12.3 Å². The van der Waals surface area contributed by atoms with Gasteiger partial charge in [0.25, 0.3) is 0 Å². The Labute approximate surface area is 366 Å². The molecule has 2 aliphatic carbocycles. The van der Waals surface area contributed by atoms with E-state index < -0.39 is 5.41 Å². The van der Waals surface area contributed by atoms with Crippen LogP contribution in [0.2, 0.25) is 0 Å². The molecular formula is C59H60N2. The molecule has 0 radical (unpaired) electrons. The van der Waals surface area contributed by atoms with E-state index in [2.05, 4.69) is 235 Å². The molecule has 0 N–H and O–H groups in total. The Morgan fingerprint density at radius 1 is 0.623 bits per heavy atom. The van der Waals surface area contributed by atoms with E-state index in [0.29, 0.717) is 6.42 Å². The molecule has 0 unspecified atom stereocenters. The second-order valence-corrected chi connectivity index (χ2v) is 19.0. The molecule has 61 heavy (non-hydrogen) atoms. The monoisotopic (exact) mass is 796 g/mol. The third-order valence-electron chi connectivity index (χ3n) is 13.3. The molecule has 6 aromatic rings. The molecule has 2 heteroatoms. The maximum atomic E-state index is 6.77. The number of anilines is 5. The van der Waals surface area contributed by atoms with Crippen LogP contribution in [0.4, 0.5) is 28.4 Å². The number of para-hydroxylation sites is 4. The van der Waals surface area contributed by atoms with Crippen LogP contribution in [-0.2, 0) is 10.8 Å². The summed E-state index contributed by atoms with van der Waals surface area (Å²) < 4.78 is 0. The zero-order valence-electron chi connectivity index (χ0n) is 37.4.